The van der Waals surface area contributed by atoms with Gasteiger partial charge in [0.2, 0.25) is 5.91 Å². The third-order valence-corrected chi connectivity index (χ3v) is 4.74. The Morgan fingerprint density at radius 2 is 1.92 bits per heavy atom. The Balaban J connectivity index is 1.54. The first kappa shape index (κ1) is 16.5. The normalized spacial score (nSPS) is 10.8. The average molecular weight is 336 g/mol. The number of aryl methyl sites for hydroxylation is 2. The van der Waals surface area contributed by atoms with Gasteiger partial charge in [-0.25, -0.2) is 4.98 Å². The van der Waals surface area contributed by atoms with Crippen molar-refractivity contribution in [3.05, 3.63) is 65.7 Å². The van der Waals surface area contributed by atoms with Gasteiger partial charge in [0.25, 0.3) is 0 Å². The van der Waals surface area contributed by atoms with Gasteiger partial charge in [-0.1, -0.05) is 42.0 Å². The van der Waals surface area contributed by atoms with Crippen LogP contribution in [-0.2, 0) is 4.79 Å². The Bertz CT molecular complexity index is 876. The highest BCUT2D eigenvalue weighted by molar-refractivity contribution is 7.99. The zero-order chi connectivity index (χ0) is 16.9. The van der Waals surface area contributed by atoms with E-state index >= 15 is 0 Å². The highest BCUT2D eigenvalue weighted by atomic mass is 32.2. The van der Waals surface area contributed by atoms with Crippen LogP contribution in [0.5, 0.6) is 0 Å². The van der Waals surface area contributed by atoms with Crippen LogP contribution < -0.4 is 5.32 Å². The fourth-order valence-electron chi connectivity index (χ4n) is 2.54. The number of amides is 1. The molecule has 0 saturated carbocycles. The van der Waals surface area contributed by atoms with Crippen molar-refractivity contribution in [2.75, 3.05) is 11.1 Å². The lowest BCUT2D eigenvalue weighted by molar-refractivity contribution is -0.115. The molecular formula is C20H20N2OS. The summed E-state index contributed by atoms with van der Waals surface area (Å²) in [6, 6.07) is 18.2. The molecule has 0 bridgehead atoms. The van der Waals surface area contributed by atoms with Crippen LogP contribution >= 0.6 is 11.8 Å². The number of hydrogen-bond donors (Lipinski definition) is 1. The molecule has 3 aromatic rings. The van der Waals surface area contributed by atoms with Crippen molar-refractivity contribution in [2.45, 2.75) is 25.3 Å². The molecule has 3 rings (SSSR count). The number of nitrogens with zero attached hydrogens (tertiary/aromatic N) is 1. The van der Waals surface area contributed by atoms with E-state index in [2.05, 4.69) is 22.4 Å². The van der Waals surface area contributed by atoms with Crippen molar-refractivity contribution < 1.29 is 4.79 Å². The summed E-state index contributed by atoms with van der Waals surface area (Å²) in [5.41, 5.74) is 4.16. The first-order valence-electron chi connectivity index (χ1n) is 7.97. The molecule has 0 radical (unpaired) electrons. The van der Waals surface area contributed by atoms with E-state index in [1.54, 1.807) is 11.8 Å². The average Bonchev–Trinajstić information content (AvgIpc) is 2.57. The second kappa shape index (κ2) is 7.49. The molecule has 24 heavy (non-hydrogen) atoms. The van der Waals surface area contributed by atoms with Gasteiger partial charge < -0.3 is 5.32 Å². The summed E-state index contributed by atoms with van der Waals surface area (Å²) in [5.74, 6) is 0.748. The quantitative estimate of drug-likeness (QED) is 0.669. The van der Waals surface area contributed by atoms with Crippen LogP contribution in [0.2, 0.25) is 0 Å². The van der Waals surface area contributed by atoms with Crippen molar-refractivity contribution >= 4 is 34.3 Å². The minimum absolute atomic E-state index is 0.0373. The lowest BCUT2D eigenvalue weighted by Crippen LogP contribution is -2.13. The molecule has 0 aliphatic carbocycles. The fourth-order valence-corrected chi connectivity index (χ4v) is 3.37. The Kier molecular flexibility index (Phi) is 5.16. The number of thioether (sulfide) groups is 1. The summed E-state index contributed by atoms with van der Waals surface area (Å²) >= 11 is 1.61. The van der Waals surface area contributed by atoms with Gasteiger partial charge in [-0.05, 0) is 37.6 Å². The largest absolute Gasteiger partial charge is 0.326 e. The topological polar surface area (TPSA) is 42.0 Å². The molecule has 0 aliphatic heterocycles. The van der Waals surface area contributed by atoms with E-state index in [4.69, 9.17) is 0 Å². The molecule has 3 nitrogen and oxygen atoms in total. The number of fused-ring (bicyclic) bond motifs is 1. The van der Waals surface area contributed by atoms with Crippen molar-refractivity contribution in [2.24, 2.45) is 0 Å². The third kappa shape index (κ3) is 4.15. The molecule has 4 heteroatoms. The molecule has 0 atom stereocenters. The van der Waals surface area contributed by atoms with Crippen molar-refractivity contribution in [1.29, 1.82) is 0 Å². The van der Waals surface area contributed by atoms with Gasteiger partial charge in [-0.2, -0.15) is 0 Å². The molecule has 1 amide bonds. The minimum Gasteiger partial charge on any atom is -0.326 e. The van der Waals surface area contributed by atoms with Crippen LogP contribution in [-0.4, -0.2) is 16.6 Å². The number of pyridine rings is 1. The van der Waals surface area contributed by atoms with E-state index in [1.165, 1.54) is 5.56 Å². The fraction of sp³-hybridized carbons (Fsp3) is 0.200. The molecule has 0 fully saturated rings. The van der Waals surface area contributed by atoms with Crippen molar-refractivity contribution in [3.8, 4) is 0 Å². The summed E-state index contributed by atoms with van der Waals surface area (Å²) < 4.78 is 0. The smallest absolute Gasteiger partial charge is 0.225 e. The lowest BCUT2D eigenvalue weighted by atomic mass is 10.1. The van der Waals surface area contributed by atoms with E-state index in [0.29, 0.717) is 12.2 Å². The second-order valence-corrected chi connectivity index (χ2v) is 6.92. The zero-order valence-corrected chi connectivity index (χ0v) is 14.7. The SMILES string of the molecule is Cc1ccc(NC(=O)CCSc2ccc3ccccc3n2)c(C)c1. The summed E-state index contributed by atoms with van der Waals surface area (Å²) in [5, 5.41) is 5.07. The number of anilines is 1. The van der Waals surface area contributed by atoms with E-state index in [9.17, 15) is 4.79 Å². The molecule has 0 spiro atoms. The molecule has 0 aliphatic rings. The Morgan fingerprint density at radius 1 is 1.08 bits per heavy atom. The molecule has 1 heterocycles. The van der Waals surface area contributed by atoms with Crippen LogP contribution in [0, 0.1) is 13.8 Å². The molecule has 122 valence electrons. The van der Waals surface area contributed by atoms with Crippen LogP contribution in [0.15, 0.2) is 59.6 Å². The summed E-state index contributed by atoms with van der Waals surface area (Å²) in [4.78, 5) is 16.7. The minimum atomic E-state index is 0.0373. The maximum Gasteiger partial charge on any atom is 0.225 e. The first-order chi connectivity index (χ1) is 11.6. The molecular weight excluding hydrogens is 316 g/mol. The molecule has 2 aromatic carbocycles. The maximum absolute atomic E-state index is 12.1. The lowest BCUT2D eigenvalue weighted by Gasteiger charge is -2.09. The van der Waals surface area contributed by atoms with Crippen LogP contribution in [0.25, 0.3) is 10.9 Å². The van der Waals surface area contributed by atoms with Gasteiger partial charge in [-0.15, -0.1) is 11.8 Å². The predicted molar refractivity (Wildman–Crippen MR) is 102 cm³/mol. The summed E-state index contributed by atoms with van der Waals surface area (Å²) in [7, 11) is 0. The number of aromatic nitrogens is 1. The van der Waals surface area contributed by atoms with Crippen molar-refractivity contribution in [3.63, 3.8) is 0 Å². The highest BCUT2D eigenvalue weighted by Gasteiger charge is 2.06. The van der Waals surface area contributed by atoms with Gasteiger partial charge in [0.05, 0.1) is 10.5 Å². The second-order valence-electron chi connectivity index (χ2n) is 5.81. The van der Waals surface area contributed by atoms with Gasteiger partial charge >= 0.3 is 0 Å². The van der Waals surface area contributed by atoms with E-state index in [-0.39, 0.29) is 5.91 Å². The van der Waals surface area contributed by atoms with Crippen LogP contribution in [0.3, 0.4) is 0 Å². The Morgan fingerprint density at radius 3 is 2.75 bits per heavy atom. The molecule has 1 aromatic heterocycles. The van der Waals surface area contributed by atoms with Crippen LogP contribution in [0.1, 0.15) is 17.5 Å². The summed E-state index contributed by atoms with van der Waals surface area (Å²) in [6.45, 7) is 4.06. The third-order valence-electron chi connectivity index (χ3n) is 3.81. The molecule has 0 unspecified atom stereocenters. The standard InChI is InChI=1S/C20H20N2OS/c1-14-7-9-17(15(2)13-14)21-19(23)11-12-24-20-10-8-16-5-3-4-6-18(16)22-20/h3-10,13H,11-12H2,1-2H3,(H,21,23). The highest BCUT2D eigenvalue weighted by Crippen LogP contribution is 2.21. The number of para-hydroxylation sites is 1. The van der Waals surface area contributed by atoms with Gasteiger partial charge in [0.15, 0.2) is 0 Å². The number of hydrogen-bond acceptors (Lipinski definition) is 3. The predicted octanol–water partition coefficient (Wildman–Crippen LogP) is 4.97. The maximum atomic E-state index is 12.1. The van der Waals surface area contributed by atoms with E-state index in [1.807, 2.05) is 56.3 Å². The van der Waals surface area contributed by atoms with Gasteiger partial charge in [0.1, 0.15) is 0 Å². The number of nitrogens with one attached hydrogen (secondary N) is 1. The van der Waals surface area contributed by atoms with Crippen molar-refractivity contribution in [1.82, 2.24) is 4.98 Å². The number of carbonyl (C=O) groups excluding carboxylic acids is 1. The molecule has 0 saturated heterocycles. The summed E-state index contributed by atoms with van der Waals surface area (Å²) in [6.07, 6.45) is 0.465. The number of rotatable bonds is 5. The number of carbonyl (C=O) groups is 1. The monoisotopic (exact) mass is 336 g/mol. The Hall–Kier alpha value is -2.33. The van der Waals surface area contributed by atoms with Gasteiger partial charge in [0, 0.05) is 23.2 Å². The van der Waals surface area contributed by atoms with E-state index in [0.717, 1.165) is 27.2 Å². The number of benzene rings is 2. The zero-order valence-electron chi connectivity index (χ0n) is 13.9. The first-order valence-corrected chi connectivity index (χ1v) is 8.96. The van der Waals surface area contributed by atoms with Gasteiger partial charge in [-0.3, -0.25) is 4.79 Å². The van der Waals surface area contributed by atoms with Crippen LogP contribution in [0.4, 0.5) is 5.69 Å². The molecule has 1 N–H and O–H groups in total. The Labute approximate surface area is 146 Å². The van der Waals surface area contributed by atoms with E-state index < -0.39 is 0 Å².